The topological polar surface area (TPSA) is 17.0 Å². The molecule has 0 unspecified atom stereocenters. The van der Waals surface area contributed by atoms with Crippen molar-refractivity contribution in [1.29, 1.82) is 0 Å². The van der Waals surface area contributed by atoms with Crippen molar-refractivity contribution in [2.45, 2.75) is 11.4 Å². The molecule has 2 rings (SSSR count). The molecule has 2 aromatic rings. The largest absolute Gasteiger partial charge is 0.353 e. The van der Waals surface area contributed by atoms with Crippen LogP contribution in [0.4, 0.5) is 0 Å². The molecule has 0 spiro atoms. The van der Waals surface area contributed by atoms with Gasteiger partial charge in [-0.25, -0.2) is 0 Å². The molecule has 1 N–H and O–H groups in total. The Morgan fingerprint density at radius 2 is 1.94 bits per heavy atom. The van der Waals surface area contributed by atoms with E-state index in [1.54, 1.807) is 0 Å². The summed E-state index contributed by atoms with van der Waals surface area (Å²) in [6.45, 7) is 1.98. The summed E-state index contributed by atoms with van der Waals surface area (Å²) < 4.78 is 2.15. The van der Waals surface area contributed by atoms with Gasteiger partial charge in [-0.05, 0) is 24.3 Å². The molecule has 0 aliphatic carbocycles. The molecule has 0 amide bonds. The van der Waals surface area contributed by atoms with Crippen LogP contribution >= 0.6 is 11.8 Å². The van der Waals surface area contributed by atoms with Gasteiger partial charge in [-0.2, -0.15) is 0 Å². The highest BCUT2D eigenvalue weighted by atomic mass is 32.2. The summed E-state index contributed by atoms with van der Waals surface area (Å²) in [5, 5.41) is 3.46. The van der Waals surface area contributed by atoms with E-state index in [1.165, 1.54) is 10.6 Å². The quantitative estimate of drug-likeness (QED) is 0.623. The van der Waals surface area contributed by atoms with E-state index in [1.807, 2.05) is 11.8 Å². The Morgan fingerprint density at radius 3 is 2.65 bits per heavy atom. The van der Waals surface area contributed by atoms with Crippen LogP contribution in [0.25, 0.3) is 0 Å². The van der Waals surface area contributed by atoms with Crippen molar-refractivity contribution >= 4 is 11.8 Å². The minimum Gasteiger partial charge on any atom is -0.353 e. The molecule has 2 nitrogen and oxygen atoms in total. The van der Waals surface area contributed by atoms with Crippen LogP contribution in [-0.4, -0.2) is 16.9 Å². The normalized spacial score (nSPS) is 10.6. The molecule has 0 fully saturated rings. The lowest BCUT2D eigenvalue weighted by atomic mass is 10.4. The number of thioether (sulfide) groups is 1. The van der Waals surface area contributed by atoms with E-state index in [2.05, 4.69) is 65.6 Å². The number of nitrogens with zero attached hydrogens (tertiary/aromatic N) is 1. The van der Waals surface area contributed by atoms with E-state index >= 15 is 0 Å². The second-order valence-corrected chi connectivity index (χ2v) is 5.12. The second-order valence-electron chi connectivity index (χ2n) is 3.95. The maximum Gasteiger partial charge on any atom is 0.0359 e. The Hall–Kier alpha value is -1.19. The van der Waals surface area contributed by atoms with Gasteiger partial charge in [0.15, 0.2) is 0 Å². The lowest BCUT2D eigenvalue weighted by molar-refractivity contribution is 0.683. The van der Waals surface area contributed by atoms with Crippen molar-refractivity contribution in [1.82, 2.24) is 9.88 Å². The zero-order valence-corrected chi connectivity index (χ0v) is 10.9. The van der Waals surface area contributed by atoms with Crippen LogP contribution in [0, 0.1) is 0 Å². The van der Waals surface area contributed by atoms with E-state index < -0.39 is 0 Å². The van der Waals surface area contributed by atoms with Crippen LogP contribution < -0.4 is 5.32 Å². The van der Waals surface area contributed by atoms with Crippen LogP contribution in [0.2, 0.25) is 0 Å². The monoisotopic (exact) mass is 246 g/mol. The number of hydrogen-bond acceptors (Lipinski definition) is 2. The van der Waals surface area contributed by atoms with Crippen LogP contribution in [0.1, 0.15) is 5.69 Å². The molecule has 0 aliphatic rings. The zero-order chi connectivity index (χ0) is 11.9. The van der Waals surface area contributed by atoms with Gasteiger partial charge >= 0.3 is 0 Å². The van der Waals surface area contributed by atoms with Gasteiger partial charge in [0.1, 0.15) is 0 Å². The third-order valence-corrected chi connectivity index (χ3v) is 3.66. The van der Waals surface area contributed by atoms with Crippen LogP contribution in [-0.2, 0) is 13.6 Å². The number of aryl methyl sites for hydroxylation is 1. The fourth-order valence-corrected chi connectivity index (χ4v) is 2.49. The SMILES string of the molecule is Cn1cccc1CNCCSc1ccccc1. The van der Waals surface area contributed by atoms with Crippen molar-refractivity contribution in [2.75, 3.05) is 12.3 Å². The van der Waals surface area contributed by atoms with Crippen molar-refractivity contribution in [3.8, 4) is 0 Å². The molecule has 17 heavy (non-hydrogen) atoms. The second kappa shape index (κ2) is 6.52. The maximum absolute atomic E-state index is 3.46. The van der Waals surface area contributed by atoms with E-state index in [-0.39, 0.29) is 0 Å². The van der Waals surface area contributed by atoms with Gasteiger partial charge < -0.3 is 9.88 Å². The van der Waals surface area contributed by atoms with E-state index in [0.29, 0.717) is 0 Å². The Morgan fingerprint density at radius 1 is 1.12 bits per heavy atom. The molecule has 0 saturated heterocycles. The summed E-state index contributed by atoms with van der Waals surface area (Å²) in [5.74, 6) is 1.11. The first kappa shape index (κ1) is 12.3. The Kier molecular flexibility index (Phi) is 4.71. The molecular weight excluding hydrogens is 228 g/mol. The van der Waals surface area contributed by atoms with Gasteiger partial charge in [-0.1, -0.05) is 18.2 Å². The number of hydrogen-bond donors (Lipinski definition) is 1. The van der Waals surface area contributed by atoms with Gasteiger partial charge in [-0.3, -0.25) is 0 Å². The number of nitrogens with one attached hydrogen (secondary N) is 1. The summed E-state index contributed by atoms with van der Waals surface area (Å²) >= 11 is 1.89. The molecule has 0 bridgehead atoms. The number of benzene rings is 1. The lowest BCUT2D eigenvalue weighted by Crippen LogP contribution is -2.18. The Bertz CT molecular complexity index is 436. The fourth-order valence-electron chi connectivity index (χ4n) is 1.65. The van der Waals surface area contributed by atoms with Gasteiger partial charge in [0.2, 0.25) is 0 Å². The Labute approximate surface area is 107 Å². The lowest BCUT2D eigenvalue weighted by Gasteiger charge is -2.06. The average molecular weight is 246 g/mol. The minimum absolute atomic E-state index is 0.943. The van der Waals surface area contributed by atoms with E-state index in [0.717, 1.165) is 18.8 Å². The predicted molar refractivity (Wildman–Crippen MR) is 74.3 cm³/mol. The van der Waals surface area contributed by atoms with Crippen LogP contribution in [0.15, 0.2) is 53.6 Å². The Balaban J connectivity index is 1.63. The van der Waals surface area contributed by atoms with Crippen molar-refractivity contribution in [2.24, 2.45) is 7.05 Å². The molecule has 0 atom stereocenters. The highest BCUT2D eigenvalue weighted by molar-refractivity contribution is 7.99. The van der Waals surface area contributed by atoms with E-state index in [9.17, 15) is 0 Å². The molecule has 1 aromatic carbocycles. The van der Waals surface area contributed by atoms with Crippen molar-refractivity contribution < 1.29 is 0 Å². The predicted octanol–water partition coefficient (Wildman–Crippen LogP) is 2.91. The van der Waals surface area contributed by atoms with Gasteiger partial charge in [0.25, 0.3) is 0 Å². The summed E-state index contributed by atoms with van der Waals surface area (Å²) in [5.41, 5.74) is 1.33. The van der Waals surface area contributed by atoms with Gasteiger partial charge in [0.05, 0.1) is 0 Å². The zero-order valence-electron chi connectivity index (χ0n) is 10.1. The van der Waals surface area contributed by atoms with Crippen LogP contribution in [0.3, 0.4) is 0 Å². The minimum atomic E-state index is 0.943. The smallest absolute Gasteiger partial charge is 0.0359 e. The molecule has 90 valence electrons. The first-order chi connectivity index (χ1) is 8.36. The standard InChI is InChI=1S/C14H18N2S/c1-16-10-5-6-13(16)12-15-9-11-17-14-7-3-2-4-8-14/h2-8,10,15H,9,11-12H2,1H3. The highest BCUT2D eigenvalue weighted by Crippen LogP contribution is 2.15. The van der Waals surface area contributed by atoms with Gasteiger partial charge in [0, 0.05) is 42.7 Å². The number of rotatable bonds is 6. The first-order valence-electron chi connectivity index (χ1n) is 5.85. The van der Waals surface area contributed by atoms with E-state index in [4.69, 9.17) is 0 Å². The first-order valence-corrected chi connectivity index (χ1v) is 6.83. The third kappa shape index (κ3) is 3.95. The summed E-state index contributed by atoms with van der Waals surface area (Å²) in [6.07, 6.45) is 2.08. The molecule has 1 aromatic heterocycles. The number of aromatic nitrogens is 1. The molecule has 1 heterocycles. The molecule has 0 aliphatic heterocycles. The molecule has 0 radical (unpaired) electrons. The summed E-state index contributed by atoms with van der Waals surface area (Å²) in [7, 11) is 2.08. The maximum atomic E-state index is 3.46. The van der Waals surface area contributed by atoms with Crippen LogP contribution in [0.5, 0.6) is 0 Å². The molecular formula is C14H18N2S. The summed E-state index contributed by atoms with van der Waals surface area (Å²) in [6, 6.07) is 14.8. The molecule has 0 saturated carbocycles. The molecule has 3 heteroatoms. The summed E-state index contributed by atoms with van der Waals surface area (Å²) in [4.78, 5) is 1.34. The van der Waals surface area contributed by atoms with Crippen molar-refractivity contribution in [3.63, 3.8) is 0 Å². The third-order valence-electron chi connectivity index (χ3n) is 2.65. The van der Waals surface area contributed by atoms with Gasteiger partial charge in [-0.15, -0.1) is 11.8 Å². The average Bonchev–Trinajstić information content (AvgIpc) is 2.76. The van der Waals surface area contributed by atoms with Crippen molar-refractivity contribution in [3.05, 3.63) is 54.4 Å². The fraction of sp³-hybridized carbons (Fsp3) is 0.286. The highest BCUT2D eigenvalue weighted by Gasteiger charge is 1.96.